The fraction of sp³-hybridized carbons (Fsp3) is 0.900. The Hall–Kier alpha value is -0.730. The van der Waals surface area contributed by atoms with Gasteiger partial charge in [-0.3, -0.25) is 0 Å². The van der Waals surface area contributed by atoms with E-state index in [1.54, 1.807) is 0 Å². The third kappa shape index (κ3) is 1.52. The zero-order valence-corrected chi connectivity index (χ0v) is 8.16. The van der Waals surface area contributed by atoms with Crippen molar-refractivity contribution < 1.29 is 9.53 Å². The maximum atomic E-state index is 11.4. The van der Waals surface area contributed by atoms with Crippen LogP contribution in [0.5, 0.6) is 0 Å². The largest absolute Gasteiger partial charge is 0.450 e. The van der Waals surface area contributed by atoms with Crippen LogP contribution in [0.4, 0.5) is 4.79 Å². The van der Waals surface area contributed by atoms with Crippen molar-refractivity contribution in [2.75, 3.05) is 13.2 Å². The highest BCUT2D eigenvalue weighted by molar-refractivity contribution is 5.69. The Bertz CT molecular complexity index is 205. The van der Waals surface area contributed by atoms with Crippen molar-refractivity contribution in [3.8, 4) is 0 Å². The van der Waals surface area contributed by atoms with Crippen molar-refractivity contribution in [3.63, 3.8) is 0 Å². The number of nitrogens with zero attached hydrogens (tertiary/aromatic N) is 1. The first-order valence-electron chi connectivity index (χ1n) is 5.26. The summed E-state index contributed by atoms with van der Waals surface area (Å²) in [5, 5.41) is 0. The topological polar surface area (TPSA) is 29.5 Å². The first-order valence-corrected chi connectivity index (χ1v) is 5.26. The van der Waals surface area contributed by atoms with Gasteiger partial charge in [-0.05, 0) is 25.7 Å². The van der Waals surface area contributed by atoms with E-state index in [0.29, 0.717) is 12.6 Å². The highest BCUT2D eigenvalue weighted by Crippen LogP contribution is 2.37. The summed E-state index contributed by atoms with van der Waals surface area (Å²) in [5.41, 5.74) is 0. The van der Waals surface area contributed by atoms with Gasteiger partial charge in [0.15, 0.2) is 0 Å². The molecule has 0 radical (unpaired) electrons. The third-order valence-corrected chi connectivity index (χ3v) is 3.20. The maximum absolute atomic E-state index is 11.4. The molecule has 2 unspecified atom stereocenters. The van der Waals surface area contributed by atoms with Gasteiger partial charge in [-0.1, -0.05) is 12.8 Å². The van der Waals surface area contributed by atoms with Gasteiger partial charge in [-0.15, -0.1) is 0 Å². The van der Waals surface area contributed by atoms with Gasteiger partial charge in [0.25, 0.3) is 0 Å². The Morgan fingerprint density at radius 1 is 1.46 bits per heavy atom. The van der Waals surface area contributed by atoms with Crippen LogP contribution in [0.25, 0.3) is 0 Å². The summed E-state index contributed by atoms with van der Waals surface area (Å²) in [6.07, 6.45) is 5.00. The van der Waals surface area contributed by atoms with Crippen LogP contribution in [0.15, 0.2) is 0 Å². The average molecular weight is 183 g/mol. The number of carbonyl (C=O) groups is 1. The van der Waals surface area contributed by atoms with Gasteiger partial charge in [-0.25, -0.2) is 4.79 Å². The lowest BCUT2D eigenvalue weighted by Gasteiger charge is -2.49. The molecule has 1 saturated carbocycles. The molecule has 1 amide bonds. The predicted molar refractivity (Wildman–Crippen MR) is 49.5 cm³/mol. The number of rotatable bonds is 1. The quantitative estimate of drug-likeness (QED) is 0.622. The SMILES string of the molecule is CCOC(=O)N1CC2CCCCC21. The number of amides is 1. The Morgan fingerprint density at radius 2 is 2.23 bits per heavy atom. The highest BCUT2D eigenvalue weighted by Gasteiger charge is 2.43. The summed E-state index contributed by atoms with van der Waals surface area (Å²) < 4.78 is 4.98. The van der Waals surface area contributed by atoms with E-state index in [0.717, 1.165) is 12.5 Å². The minimum atomic E-state index is -0.106. The average Bonchev–Trinajstić information content (AvgIpc) is 2.07. The normalized spacial score (nSPS) is 31.9. The molecule has 0 bridgehead atoms. The second-order valence-electron chi connectivity index (χ2n) is 3.96. The molecular formula is C10H17NO2. The van der Waals surface area contributed by atoms with Crippen molar-refractivity contribution >= 4 is 6.09 Å². The minimum Gasteiger partial charge on any atom is -0.450 e. The van der Waals surface area contributed by atoms with E-state index >= 15 is 0 Å². The molecule has 74 valence electrons. The van der Waals surface area contributed by atoms with Crippen LogP contribution in [0, 0.1) is 5.92 Å². The van der Waals surface area contributed by atoms with E-state index in [2.05, 4.69) is 0 Å². The third-order valence-electron chi connectivity index (χ3n) is 3.20. The van der Waals surface area contributed by atoms with Crippen molar-refractivity contribution in [3.05, 3.63) is 0 Å². The molecule has 0 aromatic heterocycles. The molecular weight excluding hydrogens is 166 g/mol. The molecule has 2 fully saturated rings. The number of hydrogen-bond donors (Lipinski definition) is 0. The molecule has 1 heterocycles. The van der Waals surface area contributed by atoms with Gasteiger partial charge in [0.05, 0.1) is 6.61 Å². The van der Waals surface area contributed by atoms with Crippen molar-refractivity contribution in [1.29, 1.82) is 0 Å². The molecule has 0 aromatic rings. The fourth-order valence-corrected chi connectivity index (χ4v) is 2.48. The molecule has 3 nitrogen and oxygen atoms in total. The highest BCUT2D eigenvalue weighted by atomic mass is 16.6. The smallest absolute Gasteiger partial charge is 0.410 e. The number of carbonyl (C=O) groups excluding carboxylic acids is 1. The van der Waals surface area contributed by atoms with Crippen LogP contribution >= 0.6 is 0 Å². The van der Waals surface area contributed by atoms with E-state index in [9.17, 15) is 4.79 Å². The molecule has 0 N–H and O–H groups in total. The van der Waals surface area contributed by atoms with Gasteiger partial charge in [-0.2, -0.15) is 0 Å². The zero-order chi connectivity index (χ0) is 9.26. The summed E-state index contributed by atoms with van der Waals surface area (Å²) in [6.45, 7) is 3.28. The zero-order valence-electron chi connectivity index (χ0n) is 8.16. The lowest BCUT2D eigenvalue weighted by Crippen LogP contribution is -2.59. The molecule has 13 heavy (non-hydrogen) atoms. The summed E-state index contributed by atoms with van der Waals surface area (Å²) in [5.74, 6) is 0.776. The number of hydrogen-bond acceptors (Lipinski definition) is 2. The number of ether oxygens (including phenoxy) is 1. The van der Waals surface area contributed by atoms with Crippen LogP contribution in [-0.4, -0.2) is 30.2 Å². The van der Waals surface area contributed by atoms with Crippen LogP contribution in [-0.2, 0) is 4.74 Å². The Balaban J connectivity index is 1.86. The molecule has 2 atom stereocenters. The van der Waals surface area contributed by atoms with E-state index in [-0.39, 0.29) is 6.09 Å². The molecule has 1 aliphatic carbocycles. The van der Waals surface area contributed by atoms with E-state index in [4.69, 9.17) is 4.74 Å². The molecule has 2 aliphatic rings. The van der Waals surface area contributed by atoms with E-state index in [1.165, 1.54) is 25.7 Å². The fourth-order valence-electron chi connectivity index (χ4n) is 2.48. The van der Waals surface area contributed by atoms with Gasteiger partial charge < -0.3 is 9.64 Å². The van der Waals surface area contributed by atoms with Crippen LogP contribution in [0.3, 0.4) is 0 Å². The second kappa shape index (κ2) is 3.56. The number of fused-ring (bicyclic) bond motifs is 1. The van der Waals surface area contributed by atoms with Crippen LogP contribution in [0.1, 0.15) is 32.6 Å². The van der Waals surface area contributed by atoms with E-state index < -0.39 is 0 Å². The van der Waals surface area contributed by atoms with Gasteiger partial charge in [0, 0.05) is 12.6 Å². The molecule has 3 heteroatoms. The lowest BCUT2D eigenvalue weighted by molar-refractivity contribution is -0.0130. The lowest BCUT2D eigenvalue weighted by atomic mass is 9.77. The summed E-state index contributed by atoms with van der Waals surface area (Å²) >= 11 is 0. The van der Waals surface area contributed by atoms with Crippen LogP contribution < -0.4 is 0 Å². The molecule has 1 aliphatic heterocycles. The van der Waals surface area contributed by atoms with Crippen molar-refractivity contribution in [2.24, 2.45) is 5.92 Å². The monoisotopic (exact) mass is 183 g/mol. The van der Waals surface area contributed by atoms with Crippen molar-refractivity contribution in [2.45, 2.75) is 38.6 Å². The standard InChI is InChI=1S/C10H17NO2/c1-2-13-10(12)11-7-8-5-3-4-6-9(8)11/h8-9H,2-7H2,1H3. The number of likely N-dealkylation sites (tertiary alicyclic amines) is 1. The molecule has 0 spiro atoms. The summed E-state index contributed by atoms with van der Waals surface area (Å²) in [6, 6.07) is 0.507. The Kier molecular flexibility index (Phi) is 2.42. The van der Waals surface area contributed by atoms with Gasteiger partial charge in [0.2, 0.25) is 0 Å². The Morgan fingerprint density at radius 3 is 2.92 bits per heavy atom. The van der Waals surface area contributed by atoms with Crippen molar-refractivity contribution in [1.82, 2.24) is 4.90 Å². The minimum absolute atomic E-state index is 0.106. The molecule has 0 aromatic carbocycles. The molecule has 1 saturated heterocycles. The van der Waals surface area contributed by atoms with Gasteiger partial charge in [0.1, 0.15) is 0 Å². The molecule has 2 rings (SSSR count). The first kappa shape index (κ1) is 8.85. The summed E-state index contributed by atoms with van der Waals surface area (Å²) in [4.78, 5) is 13.3. The second-order valence-corrected chi connectivity index (χ2v) is 3.96. The van der Waals surface area contributed by atoms with Crippen LogP contribution in [0.2, 0.25) is 0 Å². The van der Waals surface area contributed by atoms with Gasteiger partial charge >= 0.3 is 6.09 Å². The Labute approximate surface area is 79.0 Å². The first-order chi connectivity index (χ1) is 6.33. The maximum Gasteiger partial charge on any atom is 0.410 e. The van der Waals surface area contributed by atoms with E-state index in [1.807, 2.05) is 11.8 Å². The summed E-state index contributed by atoms with van der Waals surface area (Å²) in [7, 11) is 0. The predicted octanol–water partition coefficient (Wildman–Crippen LogP) is 2.02.